The van der Waals surface area contributed by atoms with Crippen LogP contribution in [0, 0.1) is 5.92 Å². The summed E-state index contributed by atoms with van der Waals surface area (Å²) in [7, 11) is 0. The minimum Gasteiger partial charge on any atom is -0.376 e. The van der Waals surface area contributed by atoms with Crippen molar-refractivity contribution in [3.05, 3.63) is 18.1 Å². The molecule has 4 atom stereocenters. The molecule has 4 unspecified atom stereocenters. The molecular formula is C21H36N6O. The van der Waals surface area contributed by atoms with Gasteiger partial charge in [0.15, 0.2) is 0 Å². The second-order valence-electron chi connectivity index (χ2n) is 9.07. The number of rotatable bonds is 5. The van der Waals surface area contributed by atoms with Crippen LogP contribution in [0.2, 0.25) is 0 Å². The van der Waals surface area contributed by atoms with Crippen LogP contribution < -0.4 is 15.8 Å². The van der Waals surface area contributed by atoms with Gasteiger partial charge in [-0.25, -0.2) is 15.4 Å². The van der Waals surface area contributed by atoms with Gasteiger partial charge >= 0.3 is 0 Å². The summed E-state index contributed by atoms with van der Waals surface area (Å²) in [4.78, 5) is 14.2. The molecule has 2 N–H and O–H groups in total. The van der Waals surface area contributed by atoms with Crippen molar-refractivity contribution in [3.63, 3.8) is 0 Å². The third-order valence-electron chi connectivity index (χ3n) is 6.53. The number of fused-ring (bicyclic) bond motifs is 1. The molecule has 0 aromatic carbocycles. The van der Waals surface area contributed by atoms with E-state index in [1.165, 1.54) is 0 Å². The third kappa shape index (κ3) is 4.32. The Morgan fingerprint density at radius 3 is 2.54 bits per heavy atom. The maximum absolute atomic E-state index is 6.13. The second kappa shape index (κ2) is 8.61. The van der Waals surface area contributed by atoms with Crippen LogP contribution in [0.5, 0.6) is 0 Å². The van der Waals surface area contributed by atoms with Crippen molar-refractivity contribution in [2.75, 3.05) is 31.1 Å². The molecule has 1 aromatic heterocycles. The largest absolute Gasteiger partial charge is 0.376 e. The standard InChI is InChI=1S/C21H36N6O/c1-14(2)26-7-9-27(10-8-26)20-12-19(22-13-23-20)21-17-11-16(28-15(3)4)5-6-18(17)24-25-21/h12-18,21,24-25H,5-11H2,1-4H3. The van der Waals surface area contributed by atoms with E-state index in [1.807, 2.05) is 0 Å². The first-order valence-corrected chi connectivity index (χ1v) is 11.0. The molecule has 156 valence electrons. The molecule has 3 aliphatic rings. The smallest absolute Gasteiger partial charge is 0.132 e. The van der Waals surface area contributed by atoms with E-state index in [0.29, 0.717) is 24.1 Å². The number of aromatic nitrogens is 2. The van der Waals surface area contributed by atoms with Gasteiger partial charge in [-0.3, -0.25) is 10.3 Å². The van der Waals surface area contributed by atoms with Crippen LogP contribution >= 0.6 is 0 Å². The predicted octanol–water partition coefficient (Wildman–Crippen LogP) is 2.12. The molecule has 7 nitrogen and oxygen atoms in total. The van der Waals surface area contributed by atoms with Crippen LogP contribution in [0.1, 0.15) is 58.7 Å². The maximum Gasteiger partial charge on any atom is 0.132 e. The van der Waals surface area contributed by atoms with E-state index < -0.39 is 0 Å². The van der Waals surface area contributed by atoms with Crippen molar-refractivity contribution < 1.29 is 4.74 Å². The predicted molar refractivity (Wildman–Crippen MR) is 111 cm³/mol. The molecule has 28 heavy (non-hydrogen) atoms. The Kier molecular flexibility index (Phi) is 6.16. The molecule has 1 aromatic rings. The summed E-state index contributed by atoms with van der Waals surface area (Å²) >= 11 is 0. The van der Waals surface area contributed by atoms with Crippen LogP contribution in [-0.2, 0) is 4.74 Å². The highest BCUT2D eigenvalue weighted by atomic mass is 16.5. The number of anilines is 1. The van der Waals surface area contributed by atoms with Crippen molar-refractivity contribution in [3.8, 4) is 0 Å². The summed E-state index contributed by atoms with van der Waals surface area (Å²) < 4.78 is 6.13. The summed E-state index contributed by atoms with van der Waals surface area (Å²) in [5.41, 5.74) is 8.13. The lowest BCUT2D eigenvalue weighted by Crippen LogP contribution is -2.49. The fourth-order valence-corrected chi connectivity index (χ4v) is 4.99. The lowest BCUT2D eigenvalue weighted by Gasteiger charge is -2.37. The second-order valence-corrected chi connectivity index (χ2v) is 9.07. The molecule has 7 heteroatoms. The Balaban J connectivity index is 1.44. The van der Waals surface area contributed by atoms with E-state index in [9.17, 15) is 0 Å². The number of nitrogens with one attached hydrogen (secondary N) is 2. The molecule has 1 saturated carbocycles. The summed E-state index contributed by atoms with van der Waals surface area (Å²) in [6, 6.07) is 3.54. The van der Waals surface area contributed by atoms with Gasteiger partial charge in [-0.15, -0.1) is 0 Å². The topological polar surface area (TPSA) is 65.6 Å². The molecule has 2 aliphatic heterocycles. The van der Waals surface area contributed by atoms with Gasteiger partial charge < -0.3 is 9.64 Å². The Bertz CT molecular complexity index is 646. The Morgan fingerprint density at radius 2 is 1.82 bits per heavy atom. The van der Waals surface area contributed by atoms with E-state index in [0.717, 1.165) is 57.0 Å². The maximum atomic E-state index is 6.13. The highest BCUT2D eigenvalue weighted by molar-refractivity contribution is 5.40. The minimum atomic E-state index is 0.224. The number of hydrogen-bond acceptors (Lipinski definition) is 7. The lowest BCUT2D eigenvalue weighted by molar-refractivity contribution is -0.0276. The van der Waals surface area contributed by atoms with Gasteiger partial charge in [-0.2, -0.15) is 0 Å². The normalized spacial score (nSPS) is 31.6. The molecule has 3 fully saturated rings. The molecule has 0 amide bonds. The molecular weight excluding hydrogens is 352 g/mol. The highest BCUT2D eigenvalue weighted by Gasteiger charge is 2.42. The molecule has 4 rings (SSSR count). The number of piperazine rings is 1. The third-order valence-corrected chi connectivity index (χ3v) is 6.53. The zero-order chi connectivity index (χ0) is 19.7. The molecule has 0 spiro atoms. The van der Waals surface area contributed by atoms with E-state index in [1.54, 1.807) is 6.33 Å². The molecule has 0 radical (unpaired) electrons. The van der Waals surface area contributed by atoms with Gasteiger partial charge in [0.25, 0.3) is 0 Å². The van der Waals surface area contributed by atoms with Gasteiger partial charge in [0.05, 0.1) is 23.9 Å². The van der Waals surface area contributed by atoms with Crippen molar-refractivity contribution in [1.82, 2.24) is 25.7 Å². The van der Waals surface area contributed by atoms with E-state index >= 15 is 0 Å². The van der Waals surface area contributed by atoms with Gasteiger partial charge in [0.2, 0.25) is 0 Å². The van der Waals surface area contributed by atoms with Crippen LogP contribution in [0.25, 0.3) is 0 Å². The van der Waals surface area contributed by atoms with Gasteiger partial charge in [-0.1, -0.05) is 0 Å². The van der Waals surface area contributed by atoms with E-state index in [2.05, 4.69) is 64.4 Å². The van der Waals surface area contributed by atoms with Gasteiger partial charge in [-0.05, 0) is 47.0 Å². The fourth-order valence-electron chi connectivity index (χ4n) is 4.99. The highest BCUT2D eigenvalue weighted by Crippen LogP contribution is 2.39. The zero-order valence-electron chi connectivity index (χ0n) is 17.8. The monoisotopic (exact) mass is 388 g/mol. The van der Waals surface area contributed by atoms with Gasteiger partial charge in [0, 0.05) is 50.2 Å². The minimum absolute atomic E-state index is 0.224. The quantitative estimate of drug-likeness (QED) is 0.801. The average Bonchev–Trinajstić information content (AvgIpc) is 3.11. The van der Waals surface area contributed by atoms with Crippen molar-refractivity contribution in [1.29, 1.82) is 0 Å². The average molecular weight is 389 g/mol. The summed E-state index contributed by atoms with van der Waals surface area (Å²) in [6.07, 6.45) is 5.75. The molecule has 0 bridgehead atoms. The first-order valence-electron chi connectivity index (χ1n) is 11.0. The molecule has 1 aliphatic carbocycles. The number of ether oxygens (including phenoxy) is 1. The van der Waals surface area contributed by atoms with Crippen LogP contribution in [-0.4, -0.2) is 65.3 Å². The summed E-state index contributed by atoms with van der Waals surface area (Å²) in [6.45, 7) is 13.1. The number of hydrogen-bond donors (Lipinski definition) is 2. The zero-order valence-corrected chi connectivity index (χ0v) is 17.8. The molecule has 3 heterocycles. The first kappa shape index (κ1) is 20.0. The Labute approximate surface area is 169 Å². The first-order chi connectivity index (χ1) is 13.5. The summed E-state index contributed by atoms with van der Waals surface area (Å²) in [5, 5.41) is 0. The van der Waals surface area contributed by atoms with E-state index in [-0.39, 0.29) is 12.1 Å². The van der Waals surface area contributed by atoms with Crippen molar-refractivity contribution in [2.45, 2.75) is 77.3 Å². The fraction of sp³-hybridized carbons (Fsp3) is 0.810. The Hall–Kier alpha value is -1.28. The number of hydrazine groups is 1. The van der Waals surface area contributed by atoms with Crippen LogP contribution in [0.15, 0.2) is 12.4 Å². The van der Waals surface area contributed by atoms with Crippen LogP contribution in [0.3, 0.4) is 0 Å². The lowest BCUT2D eigenvalue weighted by atomic mass is 9.79. The van der Waals surface area contributed by atoms with E-state index in [4.69, 9.17) is 4.74 Å². The SMILES string of the molecule is CC(C)OC1CCC2NNC(c3cc(N4CCN(C(C)C)CC4)ncn3)C2C1. The number of nitrogens with zero attached hydrogens (tertiary/aromatic N) is 4. The van der Waals surface area contributed by atoms with Crippen molar-refractivity contribution in [2.24, 2.45) is 5.92 Å². The molecule has 2 saturated heterocycles. The van der Waals surface area contributed by atoms with Gasteiger partial charge in [0.1, 0.15) is 12.1 Å². The van der Waals surface area contributed by atoms with Crippen molar-refractivity contribution >= 4 is 5.82 Å². The summed E-state index contributed by atoms with van der Waals surface area (Å²) in [5.74, 6) is 1.57. The van der Waals surface area contributed by atoms with Crippen LogP contribution in [0.4, 0.5) is 5.82 Å². The Morgan fingerprint density at radius 1 is 1.04 bits per heavy atom.